The SMILES string of the molecule is N#Cc1ccc(-c2cc3n(c2)Cc2nc(N4CC5(CCNC5)C4)ccc2-n2ccnc2-3)cc1. The fraction of sp³-hybridized carbons (Fsp3) is 0.269. The number of anilines is 1. The Bertz CT molecular complexity index is 1410. The molecule has 0 radical (unpaired) electrons. The first-order valence-electron chi connectivity index (χ1n) is 11.4. The third kappa shape index (κ3) is 2.84. The van der Waals surface area contributed by atoms with Crippen molar-refractivity contribution in [1.29, 1.82) is 5.26 Å². The van der Waals surface area contributed by atoms with Crippen molar-refractivity contribution in [3.63, 3.8) is 0 Å². The van der Waals surface area contributed by atoms with Crippen LogP contribution >= 0.6 is 0 Å². The van der Waals surface area contributed by atoms with Crippen LogP contribution in [0.2, 0.25) is 0 Å². The summed E-state index contributed by atoms with van der Waals surface area (Å²) in [7, 11) is 0. The fourth-order valence-corrected chi connectivity index (χ4v) is 5.56. The second kappa shape index (κ2) is 6.80. The lowest BCUT2D eigenvalue weighted by atomic mass is 9.79. The highest BCUT2D eigenvalue weighted by molar-refractivity contribution is 5.72. The van der Waals surface area contributed by atoms with Gasteiger partial charge in [-0.1, -0.05) is 12.1 Å². The van der Waals surface area contributed by atoms with Gasteiger partial charge in [-0.15, -0.1) is 0 Å². The summed E-state index contributed by atoms with van der Waals surface area (Å²) in [5.74, 6) is 1.99. The lowest BCUT2D eigenvalue weighted by Crippen LogP contribution is -2.57. The molecule has 162 valence electrons. The van der Waals surface area contributed by atoms with Crippen LogP contribution in [0.1, 0.15) is 17.7 Å². The molecule has 33 heavy (non-hydrogen) atoms. The molecule has 1 aromatic carbocycles. The van der Waals surface area contributed by atoms with E-state index in [1.54, 1.807) is 0 Å². The topological polar surface area (TPSA) is 74.7 Å². The maximum Gasteiger partial charge on any atom is 0.161 e. The molecule has 0 amide bonds. The summed E-state index contributed by atoms with van der Waals surface area (Å²) in [6.07, 6.45) is 7.30. The van der Waals surface area contributed by atoms with E-state index in [-0.39, 0.29) is 0 Å². The van der Waals surface area contributed by atoms with Gasteiger partial charge >= 0.3 is 0 Å². The van der Waals surface area contributed by atoms with Gasteiger partial charge < -0.3 is 14.8 Å². The highest BCUT2D eigenvalue weighted by atomic mass is 15.3. The van der Waals surface area contributed by atoms with Gasteiger partial charge in [-0.3, -0.25) is 4.57 Å². The second-order valence-corrected chi connectivity index (χ2v) is 9.47. The zero-order valence-electron chi connectivity index (χ0n) is 18.2. The Labute approximate surface area is 191 Å². The molecule has 3 aliphatic heterocycles. The molecular weight excluding hydrogens is 410 g/mol. The van der Waals surface area contributed by atoms with Gasteiger partial charge in [-0.25, -0.2) is 9.97 Å². The first kappa shape index (κ1) is 18.7. The lowest BCUT2D eigenvalue weighted by Gasteiger charge is -2.48. The average molecular weight is 434 g/mol. The quantitative estimate of drug-likeness (QED) is 0.462. The molecule has 0 bridgehead atoms. The molecule has 1 spiro atoms. The van der Waals surface area contributed by atoms with Crippen LogP contribution in [0.15, 0.2) is 61.1 Å². The minimum absolute atomic E-state index is 0.440. The zero-order chi connectivity index (χ0) is 22.0. The Morgan fingerprint density at radius 3 is 2.73 bits per heavy atom. The Morgan fingerprint density at radius 2 is 1.94 bits per heavy atom. The van der Waals surface area contributed by atoms with Gasteiger partial charge in [0, 0.05) is 49.2 Å². The molecular formula is C26H23N7. The van der Waals surface area contributed by atoms with Crippen molar-refractivity contribution in [1.82, 2.24) is 24.4 Å². The maximum absolute atomic E-state index is 9.11. The smallest absolute Gasteiger partial charge is 0.161 e. The van der Waals surface area contributed by atoms with Crippen molar-refractivity contribution in [2.24, 2.45) is 5.41 Å². The molecule has 7 rings (SSSR count). The highest BCUT2D eigenvalue weighted by Crippen LogP contribution is 2.39. The van der Waals surface area contributed by atoms with E-state index in [1.165, 1.54) is 6.42 Å². The Kier molecular flexibility index (Phi) is 3.85. The Balaban J connectivity index is 1.27. The van der Waals surface area contributed by atoms with Crippen LogP contribution in [-0.4, -0.2) is 45.3 Å². The largest absolute Gasteiger partial charge is 0.355 e. The minimum atomic E-state index is 0.440. The van der Waals surface area contributed by atoms with E-state index in [2.05, 4.69) is 54.8 Å². The van der Waals surface area contributed by atoms with Crippen molar-refractivity contribution < 1.29 is 0 Å². The number of rotatable bonds is 2. The predicted molar refractivity (Wildman–Crippen MR) is 126 cm³/mol. The monoisotopic (exact) mass is 433 g/mol. The predicted octanol–water partition coefficient (Wildman–Crippen LogP) is 3.44. The molecule has 4 aromatic rings. The van der Waals surface area contributed by atoms with Crippen molar-refractivity contribution in [2.75, 3.05) is 31.1 Å². The number of pyridine rings is 1. The molecule has 6 heterocycles. The van der Waals surface area contributed by atoms with E-state index in [0.29, 0.717) is 17.5 Å². The van der Waals surface area contributed by atoms with Crippen LogP contribution in [0.4, 0.5) is 5.82 Å². The zero-order valence-corrected chi connectivity index (χ0v) is 18.2. The number of nitrogens with one attached hydrogen (secondary N) is 1. The van der Waals surface area contributed by atoms with Crippen LogP contribution in [0.25, 0.3) is 28.3 Å². The standard InChI is InChI=1S/C26H23N7/c27-12-18-1-3-19(4-2-18)20-11-23-25-29-9-10-33(25)22-5-6-24(30-21(22)14-31(23)13-20)32-16-26(17-32)7-8-28-15-26/h1-6,9-11,13,28H,7-8,14-17H2. The van der Waals surface area contributed by atoms with Crippen LogP contribution in [0.3, 0.4) is 0 Å². The van der Waals surface area contributed by atoms with Gasteiger partial charge in [0.1, 0.15) is 5.82 Å². The molecule has 0 atom stereocenters. The highest BCUT2D eigenvalue weighted by Gasteiger charge is 2.45. The van der Waals surface area contributed by atoms with Crippen molar-refractivity contribution in [3.05, 3.63) is 72.3 Å². The minimum Gasteiger partial charge on any atom is -0.355 e. The molecule has 1 N–H and O–H groups in total. The van der Waals surface area contributed by atoms with Crippen molar-refractivity contribution in [2.45, 2.75) is 13.0 Å². The number of hydrogen-bond donors (Lipinski definition) is 1. The number of aromatic nitrogens is 4. The Morgan fingerprint density at radius 1 is 1.06 bits per heavy atom. The molecule has 7 nitrogen and oxygen atoms in total. The lowest BCUT2D eigenvalue weighted by molar-refractivity contribution is 0.241. The van der Waals surface area contributed by atoms with Gasteiger partial charge in [0.15, 0.2) is 5.82 Å². The number of nitrogens with zero attached hydrogens (tertiary/aromatic N) is 6. The molecule has 2 saturated heterocycles. The van der Waals surface area contributed by atoms with E-state index >= 15 is 0 Å². The molecule has 0 unspecified atom stereocenters. The van der Waals surface area contributed by atoms with Crippen LogP contribution in [0, 0.1) is 16.7 Å². The number of nitriles is 1. The number of fused-ring (bicyclic) bond motifs is 5. The fourth-order valence-electron chi connectivity index (χ4n) is 5.56. The second-order valence-electron chi connectivity index (χ2n) is 9.47. The molecule has 0 saturated carbocycles. The summed E-state index contributed by atoms with van der Waals surface area (Å²) >= 11 is 0. The first-order valence-corrected chi connectivity index (χ1v) is 11.4. The molecule has 3 aliphatic rings. The van der Waals surface area contributed by atoms with E-state index in [4.69, 9.17) is 10.2 Å². The van der Waals surface area contributed by atoms with Gasteiger partial charge in [-0.05, 0) is 48.9 Å². The van der Waals surface area contributed by atoms with Gasteiger partial charge in [0.2, 0.25) is 0 Å². The number of hydrogen-bond acceptors (Lipinski definition) is 5. The van der Waals surface area contributed by atoms with Gasteiger partial charge in [0.25, 0.3) is 0 Å². The van der Waals surface area contributed by atoms with Gasteiger partial charge in [-0.2, -0.15) is 5.26 Å². The molecule has 0 aliphatic carbocycles. The van der Waals surface area contributed by atoms with Crippen molar-refractivity contribution >= 4 is 5.82 Å². The van der Waals surface area contributed by atoms with Crippen molar-refractivity contribution in [3.8, 4) is 34.4 Å². The van der Waals surface area contributed by atoms with Crippen LogP contribution in [-0.2, 0) is 6.54 Å². The maximum atomic E-state index is 9.11. The summed E-state index contributed by atoms with van der Waals surface area (Å²) < 4.78 is 4.39. The Hall–Kier alpha value is -3.89. The molecule has 2 fully saturated rings. The third-order valence-corrected chi connectivity index (χ3v) is 7.34. The van der Waals surface area contributed by atoms with Gasteiger partial charge in [0.05, 0.1) is 35.3 Å². The first-order chi connectivity index (χ1) is 16.2. The average Bonchev–Trinajstić information content (AvgIpc) is 3.57. The third-order valence-electron chi connectivity index (χ3n) is 7.34. The summed E-state index contributed by atoms with van der Waals surface area (Å²) in [4.78, 5) is 12.2. The normalized spacial score (nSPS) is 17.6. The molecule has 3 aromatic heterocycles. The number of benzene rings is 1. The van der Waals surface area contributed by atoms with Crippen LogP contribution in [0.5, 0.6) is 0 Å². The van der Waals surface area contributed by atoms with E-state index in [0.717, 1.165) is 66.0 Å². The van der Waals surface area contributed by atoms with Crippen LogP contribution < -0.4 is 10.2 Å². The number of imidazole rings is 1. The van der Waals surface area contributed by atoms with E-state index in [1.807, 2.05) is 36.7 Å². The van der Waals surface area contributed by atoms with E-state index in [9.17, 15) is 0 Å². The van der Waals surface area contributed by atoms with E-state index < -0.39 is 0 Å². The summed E-state index contributed by atoms with van der Waals surface area (Å²) in [6.45, 7) is 5.11. The summed E-state index contributed by atoms with van der Waals surface area (Å²) in [5.41, 5.74) is 6.52. The summed E-state index contributed by atoms with van der Waals surface area (Å²) in [6, 6.07) is 16.4. The molecule has 7 heteroatoms. The summed E-state index contributed by atoms with van der Waals surface area (Å²) in [5, 5.41) is 12.6.